The zero-order valence-electron chi connectivity index (χ0n) is 12.5. The molecule has 0 fully saturated rings. The highest BCUT2D eigenvalue weighted by Gasteiger charge is 2.33. The maximum absolute atomic E-state index is 13.1. The minimum Gasteiger partial charge on any atom is -0.359 e. The summed E-state index contributed by atoms with van der Waals surface area (Å²) in [6.45, 7) is 2.16. The summed E-state index contributed by atoms with van der Waals surface area (Å²) in [5.41, 5.74) is 0.713. The first-order valence-corrected chi connectivity index (χ1v) is 7.84. The van der Waals surface area contributed by atoms with Crippen LogP contribution in [-0.4, -0.2) is 4.98 Å². The Morgan fingerprint density at radius 1 is 1.26 bits per heavy atom. The molecule has 1 aromatic heterocycles. The number of nitrogens with one attached hydrogen (secondary N) is 1. The molecule has 3 rings (SSSR count). The lowest BCUT2D eigenvalue weighted by Crippen LogP contribution is -2.12. The Balaban J connectivity index is 2.07. The molecular weight excluding hydrogens is 325 g/mol. The molecule has 0 spiro atoms. The number of pyridine rings is 1. The lowest BCUT2D eigenvalue weighted by molar-refractivity contribution is -0.140. The molecule has 0 radical (unpaired) electrons. The fourth-order valence-corrected chi connectivity index (χ4v) is 2.87. The standard InChI is InChI=1S/C17H16ClF3N2/c1-10-2-5-12(6-3-10)22-15-9-16(17(19,20)21)23-14-7-4-11(18)8-13(14)15/h4-5,7-10H,2-3,6H2,1H3,(H,22,23). The molecule has 0 bridgehead atoms. The van der Waals surface area contributed by atoms with Crippen molar-refractivity contribution in [2.24, 2.45) is 5.92 Å². The van der Waals surface area contributed by atoms with Crippen molar-refractivity contribution in [3.63, 3.8) is 0 Å². The molecule has 1 N–H and O–H groups in total. The minimum absolute atomic E-state index is 0.275. The topological polar surface area (TPSA) is 24.9 Å². The summed E-state index contributed by atoms with van der Waals surface area (Å²) in [5, 5.41) is 4.20. The zero-order chi connectivity index (χ0) is 16.6. The first kappa shape index (κ1) is 16.1. The Labute approximate surface area is 137 Å². The molecule has 6 heteroatoms. The number of fused-ring (bicyclic) bond motifs is 1. The van der Waals surface area contributed by atoms with E-state index in [0.29, 0.717) is 22.0 Å². The molecule has 1 unspecified atom stereocenters. The molecule has 1 aromatic carbocycles. The minimum atomic E-state index is -4.49. The van der Waals surface area contributed by atoms with Gasteiger partial charge in [-0.2, -0.15) is 13.2 Å². The summed E-state index contributed by atoms with van der Waals surface area (Å²) in [6, 6.07) is 5.74. The van der Waals surface area contributed by atoms with E-state index in [2.05, 4.69) is 23.3 Å². The molecule has 122 valence electrons. The zero-order valence-corrected chi connectivity index (χ0v) is 13.3. The lowest BCUT2D eigenvalue weighted by atomic mass is 9.94. The number of benzene rings is 1. The van der Waals surface area contributed by atoms with Gasteiger partial charge < -0.3 is 5.32 Å². The van der Waals surface area contributed by atoms with E-state index >= 15 is 0 Å². The number of anilines is 1. The second kappa shape index (κ2) is 6.04. The number of allylic oxidation sites excluding steroid dienone is 2. The average Bonchev–Trinajstić information content (AvgIpc) is 2.49. The number of aromatic nitrogens is 1. The summed E-state index contributed by atoms with van der Waals surface area (Å²) < 4.78 is 39.2. The second-order valence-corrected chi connectivity index (χ2v) is 6.38. The van der Waals surface area contributed by atoms with Crippen LogP contribution < -0.4 is 5.32 Å². The Morgan fingerprint density at radius 3 is 2.70 bits per heavy atom. The van der Waals surface area contributed by atoms with Crippen molar-refractivity contribution in [2.75, 3.05) is 5.32 Å². The molecular formula is C17H16ClF3N2. The molecule has 1 aliphatic carbocycles. The van der Waals surface area contributed by atoms with Crippen molar-refractivity contribution in [3.8, 4) is 0 Å². The molecule has 1 atom stereocenters. The Hall–Kier alpha value is -1.75. The van der Waals surface area contributed by atoms with E-state index in [1.165, 1.54) is 6.07 Å². The smallest absolute Gasteiger partial charge is 0.359 e. The van der Waals surface area contributed by atoms with E-state index in [0.717, 1.165) is 31.0 Å². The Kier molecular flexibility index (Phi) is 4.23. The second-order valence-electron chi connectivity index (χ2n) is 5.95. The largest absolute Gasteiger partial charge is 0.433 e. The molecule has 0 saturated heterocycles. The van der Waals surface area contributed by atoms with Gasteiger partial charge in [0.1, 0.15) is 5.69 Å². The van der Waals surface area contributed by atoms with E-state index in [9.17, 15) is 13.2 Å². The van der Waals surface area contributed by atoms with Crippen LogP contribution in [0.15, 0.2) is 36.0 Å². The van der Waals surface area contributed by atoms with Gasteiger partial charge in [0.15, 0.2) is 0 Å². The number of hydrogen-bond acceptors (Lipinski definition) is 2. The molecule has 2 nitrogen and oxygen atoms in total. The van der Waals surface area contributed by atoms with Crippen LogP contribution >= 0.6 is 11.6 Å². The molecule has 2 aromatic rings. The van der Waals surface area contributed by atoms with Crippen LogP contribution in [0.25, 0.3) is 10.9 Å². The number of halogens is 4. The third-order valence-electron chi connectivity index (χ3n) is 4.03. The maximum atomic E-state index is 13.1. The van der Waals surface area contributed by atoms with Crippen LogP contribution in [-0.2, 0) is 6.18 Å². The molecule has 0 amide bonds. The average molecular weight is 341 g/mol. The Bertz CT molecular complexity index is 768. The van der Waals surface area contributed by atoms with E-state index in [-0.39, 0.29) is 5.52 Å². The van der Waals surface area contributed by atoms with Gasteiger partial charge in [-0.05, 0) is 49.4 Å². The van der Waals surface area contributed by atoms with E-state index < -0.39 is 11.9 Å². The summed E-state index contributed by atoms with van der Waals surface area (Å²) in [5.74, 6) is 0.606. The fraction of sp³-hybridized carbons (Fsp3) is 0.353. The first-order chi connectivity index (χ1) is 10.8. The SMILES string of the molecule is CC1CC=C(Nc2cc(C(F)(F)F)nc3ccc(Cl)cc23)CC1. The van der Waals surface area contributed by atoms with Crippen LogP contribution in [0, 0.1) is 5.92 Å². The van der Waals surface area contributed by atoms with Crippen LogP contribution in [0.1, 0.15) is 31.9 Å². The molecule has 23 heavy (non-hydrogen) atoms. The van der Waals surface area contributed by atoms with Gasteiger partial charge in [-0.1, -0.05) is 24.6 Å². The molecule has 0 saturated carbocycles. The maximum Gasteiger partial charge on any atom is 0.433 e. The third kappa shape index (κ3) is 3.61. The van der Waals surface area contributed by atoms with Gasteiger partial charge in [0, 0.05) is 21.8 Å². The summed E-state index contributed by atoms with van der Waals surface area (Å²) in [6.07, 6.45) is 0.345. The van der Waals surface area contributed by atoms with Gasteiger partial charge in [-0.15, -0.1) is 0 Å². The Morgan fingerprint density at radius 2 is 2.04 bits per heavy atom. The highest BCUT2D eigenvalue weighted by atomic mass is 35.5. The van der Waals surface area contributed by atoms with Gasteiger partial charge in [-0.3, -0.25) is 0 Å². The highest BCUT2D eigenvalue weighted by molar-refractivity contribution is 6.31. The van der Waals surface area contributed by atoms with Crippen molar-refractivity contribution >= 4 is 28.2 Å². The molecule has 0 aliphatic heterocycles. The monoisotopic (exact) mass is 340 g/mol. The summed E-state index contributed by atoms with van der Waals surface area (Å²) in [7, 11) is 0. The number of hydrogen-bond donors (Lipinski definition) is 1. The van der Waals surface area contributed by atoms with Gasteiger partial charge >= 0.3 is 6.18 Å². The van der Waals surface area contributed by atoms with Crippen LogP contribution in [0.2, 0.25) is 5.02 Å². The van der Waals surface area contributed by atoms with Crippen LogP contribution in [0.4, 0.5) is 18.9 Å². The predicted octanol–water partition coefficient (Wildman–Crippen LogP) is 6.02. The summed E-state index contributed by atoms with van der Waals surface area (Å²) >= 11 is 5.99. The van der Waals surface area contributed by atoms with Crippen molar-refractivity contribution in [2.45, 2.75) is 32.4 Å². The van der Waals surface area contributed by atoms with Crippen LogP contribution in [0.5, 0.6) is 0 Å². The molecule has 1 heterocycles. The number of rotatable bonds is 2. The van der Waals surface area contributed by atoms with E-state index in [1.54, 1.807) is 12.1 Å². The normalized spacial score (nSPS) is 18.8. The number of alkyl halides is 3. The van der Waals surface area contributed by atoms with Crippen LogP contribution in [0.3, 0.4) is 0 Å². The van der Waals surface area contributed by atoms with Crippen molar-refractivity contribution in [3.05, 3.63) is 46.8 Å². The first-order valence-electron chi connectivity index (χ1n) is 7.46. The number of nitrogens with zero attached hydrogens (tertiary/aromatic N) is 1. The van der Waals surface area contributed by atoms with E-state index in [1.807, 2.05) is 0 Å². The van der Waals surface area contributed by atoms with E-state index in [4.69, 9.17) is 11.6 Å². The van der Waals surface area contributed by atoms with Crippen molar-refractivity contribution in [1.29, 1.82) is 0 Å². The predicted molar refractivity (Wildman–Crippen MR) is 86.5 cm³/mol. The van der Waals surface area contributed by atoms with Gasteiger partial charge in [0.2, 0.25) is 0 Å². The van der Waals surface area contributed by atoms with Gasteiger partial charge in [-0.25, -0.2) is 4.98 Å². The van der Waals surface area contributed by atoms with Crippen molar-refractivity contribution < 1.29 is 13.2 Å². The molecule has 1 aliphatic rings. The van der Waals surface area contributed by atoms with Crippen molar-refractivity contribution in [1.82, 2.24) is 4.98 Å². The lowest BCUT2D eigenvalue weighted by Gasteiger charge is -2.21. The summed E-state index contributed by atoms with van der Waals surface area (Å²) in [4.78, 5) is 3.71. The van der Waals surface area contributed by atoms with Gasteiger partial charge in [0.25, 0.3) is 0 Å². The third-order valence-corrected chi connectivity index (χ3v) is 4.26. The van der Waals surface area contributed by atoms with Gasteiger partial charge in [0.05, 0.1) is 5.52 Å². The quantitative estimate of drug-likeness (QED) is 0.722. The fourth-order valence-electron chi connectivity index (χ4n) is 2.70. The highest BCUT2D eigenvalue weighted by Crippen LogP contribution is 2.35.